The first-order valence-corrected chi connectivity index (χ1v) is 6.98. The van der Waals surface area contributed by atoms with E-state index < -0.39 is 0 Å². The zero-order valence-electron chi connectivity index (χ0n) is 12.1. The molecule has 0 fully saturated rings. The minimum Gasteiger partial charge on any atom is -0.394 e. The molecule has 0 spiro atoms. The average Bonchev–Trinajstić information content (AvgIpc) is 2.39. The van der Waals surface area contributed by atoms with Crippen LogP contribution in [0.3, 0.4) is 0 Å². The van der Waals surface area contributed by atoms with Gasteiger partial charge in [0.2, 0.25) is 5.28 Å². The Bertz CT molecular complexity index is 410. The molecule has 5 nitrogen and oxygen atoms in total. The van der Waals surface area contributed by atoms with Crippen molar-refractivity contribution in [3.8, 4) is 0 Å². The summed E-state index contributed by atoms with van der Waals surface area (Å²) in [4.78, 5) is 10.5. The number of anilines is 2. The lowest BCUT2D eigenvalue weighted by molar-refractivity contribution is 0.202. The van der Waals surface area contributed by atoms with Crippen LogP contribution in [0.1, 0.15) is 32.4 Å². The Labute approximate surface area is 120 Å². The highest BCUT2D eigenvalue weighted by Crippen LogP contribution is 2.27. The molecule has 1 heterocycles. The second-order valence-electron chi connectivity index (χ2n) is 4.47. The van der Waals surface area contributed by atoms with Crippen LogP contribution in [0.15, 0.2) is 0 Å². The van der Waals surface area contributed by atoms with E-state index in [1.54, 1.807) is 7.11 Å². The Hall–Kier alpha value is -1.07. The van der Waals surface area contributed by atoms with Crippen molar-refractivity contribution in [3.63, 3.8) is 0 Å². The number of aryl methyl sites for hydroxylation is 1. The summed E-state index contributed by atoms with van der Waals surface area (Å²) in [5, 5.41) is 0.232. The monoisotopic (exact) mass is 286 g/mol. The highest BCUT2D eigenvalue weighted by atomic mass is 35.5. The second-order valence-corrected chi connectivity index (χ2v) is 4.81. The average molecular weight is 287 g/mol. The van der Waals surface area contributed by atoms with Crippen LogP contribution in [0.4, 0.5) is 11.5 Å². The third-order valence-electron chi connectivity index (χ3n) is 3.28. The van der Waals surface area contributed by atoms with Crippen LogP contribution < -0.4 is 10.6 Å². The number of hydrogen-bond acceptors (Lipinski definition) is 5. The van der Waals surface area contributed by atoms with E-state index in [1.807, 2.05) is 6.92 Å². The van der Waals surface area contributed by atoms with Gasteiger partial charge in [0, 0.05) is 19.7 Å². The first kappa shape index (κ1) is 16.0. The van der Waals surface area contributed by atoms with Gasteiger partial charge in [0.15, 0.2) is 5.82 Å². The van der Waals surface area contributed by atoms with Gasteiger partial charge < -0.3 is 15.4 Å². The van der Waals surface area contributed by atoms with Crippen LogP contribution in [-0.4, -0.2) is 36.3 Å². The molecule has 1 aromatic heterocycles. The molecule has 1 aromatic rings. The van der Waals surface area contributed by atoms with Crippen molar-refractivity contribution in [2.24, 2.45) is 0 Å². The fourth-order valence-corrected chi connectivity index (χ4v) is 2.34. The van der Waals surface area contributed by atoms with Crippen molar-refractivity contribution in [1.29, 1.82) is 0 Å². The molecule has 0 aliphatic heterocycles. The van der Waals surface area contributed by atoms with Gasteiger partial charge in [-0.15, -0.1) is 0 Å². The lowest BCUT2D eigenvalue weighted by atomic mass is 10.1. The molecule has 0 saturated carbocycles. The van der Waals surface area contributed by atoms with Gasteiger partial charge in [-0.05, 0) is 31.4 Å². The quantitative estimate of drug-likeness (QED) is 0.781. The molecule has 0 aliphatic rings. The summed E-state index contributed by atoms with van der Waals surface area (Å²) in [5.41, 5.74) is 7.41. The Kier molecular flexibility index (Phi) is 6.31. The molecule has 0 unspecified atom stereocenters. The summed E-state index contributed by atoms with van der Waals surface area (Å²) >= 11 is 5.96. The molecular formula is C13H23ClN4O. The predicted molar refractivity (Wildman–Crippen MR) is 79.8 cm³/mol. The van der Waals surface area contributed by atoms with E-state index in [9.17, 15) is 0 Å². The number of nitrogens with two attached hydrogens (primary N) is 1. The van der Waals surface area contributed by atoms with Gasteiger partial charge in [0.25, 0.3) is 0 Å². The smallest absolute Gasteiger partial charge is 0.224 e. The lowest BCUT2D eigenvalue weighted by Crippen LogP contribution is -2.38. The molecular weight excluding hydrogens is 264 g/mol. The van der Waals surface area contributed by atoms with Crippen molar-refractivity contribution < 1.29 is 4.74 Å². The molecule has 0 saturated heterocycles. The maximum Gasteiger partial charge on any atom is 0.224 e. The zero-order chi connectivity index (χ0) is 14.4. The Balaban J connectivity index is 3.15. The molecule has 19 heavy (non-hydrogen) atoms. The zero-order valence-corrected chi connectivity index (χ0v) is 12.9. The van der Waals surface area contributed by atoms with Gasteiger partial charge in [0.1, 0.15) is 0 Å². The van der Waals surface area contributed by atoms with E-state index >= 15 is 0 Å². The maximum absolute atomic E-state index is 6.11. The summed E-state index contributed by atoms with van der Waals surface area (Å²) < 4.78 is 5.17. The summed E-state index contributed by atoms with van der Waals surface area (Å²) in [5.74, 6) is 0.711. The molecule has 0 aliphatic carbocycles. The van der Waals surface area contributed by atoms with Crippen molar-refractivity contribution >= 4 is 23.1 Å². The number of nitrogen functional groups attached to an aromatic ring is 1. The van der Waals surface area contributed by atoms with Crippen LogP contribution in [0.2, 0.25) is 5.28 Å². The van der Waals surface area contributed by atoms with Gasteiger partial charge >= 0.3 is 0 Å². The van der Waals surface area contributed by atoms with Crippen molar-refractivity contribution in [1.82, 2.24) is 9.97 Å². The number of nitrogens with zero attached hydrogens (tertiary/aromatic N) is 3. The highest BCUT2D eigenvalue weighted by Gasteiger charge is 2.21. The molecule has 6 heteroatoms. The van der Waals surface area contributed by atoms with Crippen LogP contribution in [-0.2, 0) is 4.74 Å². The third kappa shape index (κ3) is 3.94. The predicted octanol–water partition coefficient (Wildman–Crippen LogP) is 2.66. The minimum atomic E-state index is 0.232. The van der Waals surface area contributed by atoms with E-state index in [-0.39, 0.29) is 5.28 Å². The van der Waals surface area contributed by atoms with Crippen LogP contribution in [0.5, 0.6) is 0 Å². The van der Waals surface area contributed by atoms with Gasteiger partial charge in [-0.25, -0.2) is 4.98 Å². The second kappa shape index (κ2) is 7.50. The molecule has 2 N–H and O–H groups in total. The molecule has 0 atom stereocenters. The van der Waals surface area contributed by atoms with Crippen molar-refractivity contribution in [2.45, 2.75) is 39.7 Å². The normalized spacial score (nSPS) is 11.1. The number of halogens is 1. The fraction of sp³-hybridized carbons (Fsp3) is 0.692. The number of aromatic nitrogens is 2. The van der Waals surface area contributed by atoms with E-state index in [2.05, 4.69) is 28.7 Å². The summed E-state index contributed by atoms with van der Waals surface area (Å²) in [6, 6.07) is 0.364. The maximum atomic E-state index is 6.11. The third-order valence-corrected chi connectivity index (χ3v) is 3.45. The van der Waals surface area contributed by atoms with Crippen LogP contribution >= 0.6 is 11.6 Å². The molecule has 0 bridgehead atoms. The van der Waals surface area contributed by atoms with Crippen LogP contribution in [0, 0.1) is 6.92 Å². The molecule has 0 aromatic carbocycles. The van der Waals surface area contributed by atoms with E-state index in [0.29, 0.717) is 29.8 Å². The molecule has 0 amide bonds. The summed E-state index contributed by atoms with van der Waals surface area (Å²) in [6.07, 6.45) is 2.03. The SMILES string of the molecule is CCC(CC)N(CCOC)c1nc(Cl)nc(C)c1N. The topological polar surface area (TPSA) is 64.3 Å². The first-order valence-electron chi connectivity index (χ1n) is 6.60. The van der Waals surface area contributed by atoms with E-state index in [4.69, 9.17) is 22.1 Å². The van der Waals surface area contributed by atoms with E-state index in [0.717, 1.165) is 19.4 Å². The highest BCUT2D eigenvalue weighted by molar-refractivity contribution is 6.28. The molecule has 0 radical (unpaired) electrons. The largest absolute Gasteiger partial charge is 0.394 e. The minimum absolute atomic E-state index is 0.232. The Morgan fingerprint density at radius 3 is 2.47 bits per heavy atom. The van der Waals surface area contributed by atoms with Gasteiger partial charge in [-0.1, -0.05) is 13.8 Å². The summed E-state index contributed by atoms with van der Waals surface area (Å²) in [6.45, 7) is 7.50. The molecule has 1 rings (SSSR count). The van der Waals surface area contributed by atoms with Gasteiger partial charge in [-0.2, -0.15) is 4.98 Å². The number of rotatable bonds is 7. The Morgan fingerprint density at radius 1 is 1.32 bits per heavy atom. The van der Waals surface area contributed by atoms with Gasteiger partial charge in [-0.3, -0.25) is 0 Å². The Morgan fingerprint density at radius 2 is 1.95 bits per heavy atom. The first-order chi connectivity index (χ1) is 9.04. The lowest BCUT2D eigenvalue weighted by Gasteiger charge is -2.32. The fourth-order valence-electron chi connectivity index (χ4n) is 2.13. The van der Waals surface area contributed by atoms with Crippen LogP contribution in [0.25, 0.3) is 0 Å². The standard InChI is InChI=1S/C13H23ClN4O/c1-5-10(6-2)18(7-8-19-4)12-11(15)9(3)16-13(14)17-12/h10H,5-8,15H2,1-4H3. The van der Waals surface area contributed by atoms with Gasteiger partial charge in [0.05, 0.1) is 18.0 Å². The number of ether oxygens (including phenoxy) is 1. The van der Waals surface area contributed by atoms with Crippen molar-refractivity contribution in [2.75, 3.05) is 30.9 Å². The number of hydrogen-bond donors (Lipinski definition) is 1. The van der Waals surface area contributed by atoms with Crippen molar-refractivity contribution in [3.05, 3.63) is 11.0 Å². The number of methoxy groups -OCH3 is 1. The molecule has 108 valence electrons. The summed E-state index contributed by atoms with van der Waals surface area (Å²) in [7, 11) is 1.69. The van der Waals surface area contributed by atoms with E-state index in [1.165, 1.54) is 0 Å².